The molecule has 1 aromatic heterocycles. The van der Waals surface area contributed by atoms with E-state index in [2.05, 4.69) is 15.0 Å². The highest BCUT2D eigenvalue weighted by molar-refractivity contribution is 5.78. The average molecular weight is 345 g/mol. The summed E-state index contributed by atoms with van der Waals surface area (Å²) in [6, 6.07) is 0. The predicted octanol–water partition coefficient (Wildman–Crippen LogP) is 3.44. The first kappa shape index (κ1) is 17.0. The van der Waals surface area contributed by atoms with Gasteiger partial charge >= 0.3 is 0 Å². The largest absolute Gasteiger partial charge is 0.342 e. The number of nitrogens with zero attached hydrogens (tertiary/aromatic N) is 4. The van der Waals surface area contributed by atoms with E-state index in [1.165, 1.54) is 64.2 Å². The average Bonchev–Trinajstić information content (AvgIpc) is 3.41. The maximum atomic E-state index is 12.7. The summed E-state index contributed by atoms with van der Waals surface area (Å²) in [7, 11) is 1.91. The maximum absolute atomic E-state index is 12.7. The lowest BCUT2D eigenvalue weighted by Gasteiger charge is -2.34. The van der Waals surface area contributed by atoms with Gasteiger partial charge in [0.15, 0.2) is 5.82 Å². The molecule has 5 nitrogen and oxygen atoms in total. The highest BCUT2D eigenvalue weighted by atomic mass is 16.2. The Labute approximate surface area is 151 Å². The molecule has 0 bridgehead atoms. The van der Waals surface area contributed by atoms with Crippen LogP contribution in [0.1, 0.15) is 81.8 Å². The smallest absolute Gasteiger partial charge is 0.230 e. The lowest BCUT2D eigenvalue weighted by atomic mass is 9.80. The van der Waals surface area contributed by atoms with Crippen LogP contribution in [0.4, 0.5) is 0 Å². The van der Waals surface area contributed by atoms with Crippen LogP contribution in [0, 0.1) is 11.8 Å². The molecule has 0 spiro atoms. The molecule has 1 saturated heterocycles. The van der Waals surface area contributed by atoms with Gasteiger partial charge in [-0.3, -0.25) is 9.48 Å². The van der Waals surface area contributed by atoms with Gasteiger partial charge in [0.1, 0.15) is 5.82 Å². The molecule has 3 aliphatic rings. The van der Waals surface area contributed by atoms with Crippen LogP contribution in [0.3, 0.4) is 0 Å². The highest BCUT2D eigenvalue weighted by Gasteiger charge is 2.30. The van der Waals surface area contributed by atoms with Gasteiger partial charge < -0.3 is 4.90 Å². The van der Waals surface area contributed by atoms with Crippen molar-refractivity contribution in [1.29, 1.82) is 0 Å². The monoisotopic (exact) mass is 344 g/mol. The molecule has 2 aliphatic carbocycles. The Morgan fingerprint density at radius 1 is 1.00 bits per heavy atom. The van der Waals surface area contributed by atoms with E-state index in [4.69, 9.17) is 0 Å². The van der Waals surface area contributed by atoms with Crippen LogP contribution in [-0.2, 0) is 18.3 Å². The molecular formula is C20H32N4O. The fourth-order valence-corrected chi connectivity index (χ4v) is 4.67. The molecule has 0 aromatic carbocycles. The summed E-state index contributed by atoms with van der Waals surface area (Å²) in [6.07, 6.45) is 13.8. The number of aromatic nitrogens is 3. The summed E-state index contributed by atoms with van der Waals surface area (Å²) in [5, 5.41) is 4.48. The van der Waals surface area contributed by atoms with Crippen molar-refractivity contribution in [2.75, 3.05) is 13.1 Å². The zero-order chi connectivity index (χ0) is 17.2. The van der Waals surface area contributed by atoms with E-state index in [-0.39, 0.29) is 5.91 Å². The summed E-state index contributed by atoms with van der Waals surface area (Å²) in [5.74, 6) is 4.34. The summed E-state index contributed by atoms with van der Waals surface area (Å²) in [4.78, 5) is 19.3. The minimum Gasteiger partial charge on any atom is -0.342 e. The van der Waals surface area contributed by atoms with Crippen molar-refractivity contribution in [2.45, 2.75) is 76.5 Å². The minimum atomic E-state index is 0.231. The molecule has 5 heteroatoms. The third kappa shape index (κ3) is 4.24. The molecule has 0 unspecified atom stereocenters. The lowest BCUT2D eigenvalue weighted by molar-refractivity contribution is -0.132. The van der Waals surface area contributed by atoms with Crippen LogP contribution in [0.15, 0.2) is 0 Å². The third-order valence-electron chi connectivity index (χ3n) is 6.48. The van der Waals surface area contributed by atoms with E-state index in [9.17, 15) is 4.79 Å². The van der Waals surface area contributed by atoms with Gasteiger partial charge in [0.25, 0.3) is 0 Å². The zero-order valence-electron chi connectivity index (χ0n) is 15.6. The topological polar surface area (TPSA) is 51.0 Å². The number of carbonyl (C=O) groups excluding carboxylic acids is 1. The quantitative estimate of drug-likeness (QED) is 0.822. The number of hydrogen-bond donors (Lipinski definition) is 0. The molecule has 2 saturated carbocycles. The maximum Gasteiger partial charge on any atom is 0.230 e. The van der Waals surface area contributed by atoms with Gasteiger partial charge in [-0.05, 0) is 43.9 Å². The van der Waals surface area contributed by atoms with Crippen molar-refractivity contribution >= 4 is 5.91 Å². The lowest BCUT2D eigenvalue weighted by Crippen LogP contribution is -2.40. The number of aryl methyl sites for hydroxylation is 1. The molecule has 0 atom stereocenters. The fourth-order valence-electron chi connectivity index (χ4n) is 4.67. The fraction of sp³-hybridized carbons (Fsp3) is 0.850. The SMILES string of the molecule is Cn1nc(C2CC2)nc1CC(=O)N1CCC(CC2CCCCC2)CC1. The Hall–Kier alpha value is -1.39. The molecule has 1 aromatic rings. The number of hydrogen-bond acceptors (Lipinski definition) is 3. The highest BCUT2D eigenvalue weighted by Crippen LogP contribution is 2.38. The van der Waals surface area contributed by atoms with E-state index < -0.39 is 0 Å². The first-order chi connectivity index (χ1) is 12.2. The van der Waals surface area contributed by atoms with Gasteiger partial charge in [0.2, 0.25) is 5.91 Å². The molecule has 1 amide bonds. The molecule has 1 aliphatic heterocycles. The normalized spacial score (nSPS) is 23.2. The second-order valence-electron chi connectivity index (χ2n) is 8.52. The molecule has 25 heavy (non-hydrogen) atoms. The zero-order valence-corrected chi connectivity index (χ0v) is 15.6. The van der Waals surface area contributed by atoms with Crippen LogP contribution >= 0.6 is 0 Å². The van der Waals surface area contributed by atoms with Crippen molar-refractivity contribution in [3.05, 3.63) is 11.6 Å². The molecule has 0 radical (unpaired) electrons. The Morgan fingerprint density at radius 2 is 1.68 bits per heavy atom. The van der Waals surface area contributed by atoms with Crippen LogP contribution in [0.25, 0.3) is 0 Å². The predicted molar refractivity (Wildman–Crippen MR) is 97.2 cm³/mol. The van der Waals surface area contributed by atoms with Crippen molar-refractivity contribution < 1.29 is 4.79 Å². The van der Waals surface area contributed by atoms with Gasteiger partial charge in [-0.2, -0.15) is 5.10 Å². The number of amides is 1. The van der Waals surface area contributed by atoms with Gasteiger partial charge in [-0.1, -0.05) is 32.1 Å². The minimum absolute atomic E-state index is 0.231. The Balaban J connectivity index is 1.25. The molecule has 3 fully saturated rings. The Morgan fingerprint density at radius 3 is 2.36 bits per heavy atom. The molecule has 0 N–H and O–H groups in total. The van der Waals surface area contributed by atoms with Gasteiger partial charge in [-0.15, -0.1) is 0 Å². The van der Waals surface area contributed by atoms with Crippen molar-refractivity contribution in [3.8, 4) is 0 Å². The van der Waals surface area contributed by atoms with Crippen LogP contribution in [-0.4, -0.2) is 38.7 Å². The Kier molecular flexibility index (Phi) is 5.09. The standard InChI is InChI=1S/C20H32N4O/c1-23-18(21-20(22-23)17-7-8-17)14-19(25)24-11-9-16(10-12-24)13-15-5-3-2-4-6-15/h15-17H,2-14H2,1H3. The molecule has 138 valence electrons. The van der Waals surface area contributed by atoms with Crippen LogP contribution in [0.2, 0.25) is 0 Å². The Bertz CT molecular complexity index is 593. The summed E-state index contributed by atoms with van der Waals surface area (Å²) >= 11 is 0. The summed E-state index contributed by atoms with van der Waals surface area (Å²) < 4.78 is 1.81. The van der Waals surface area contributed by atoms with Gasteiger partial charge in [0, 0.05) is 26.1 Å². The van der Waals surface area contributed by atoms with E-state index >= 15 is 0 Å². The van der Waals surface area contributed by atoms with Crippen LogP contribution in [0.5, 0.6) is 0 Å². The van der Waals surface area contributed by atoms with E-state index in [0.29, 0.717) is 12.3 Å². The second kappa shape index (κ2) is 7.46. The van der Waals surface area contributed by atoms with E-state index in [1.807, 2.05) is 7.05 Å². The number of likely N-dealkylation sites (tertiary alicyclic amines) is 1. The first-order valence-corrected chi connectivity index (χ1v) is 10.4. The second-order valence-corrected chi connectivity index (χ2v) is 8.52. The summed E-state index contributed by atoms with van der Waals surface area (Å²) in [5.41, 5.74) is 0. The molecule has 2 heterocycles. The van der Waals surface area contributed by atoms with Crippen molar-refractivity contribution in [3.63, 3.8) is 0 Å². The molecular weight excluding hydrogens is 312 g/mol. The number of carbonyl (C=O) groups is 1. The number of piperidine rings is 1. The van der Waals surface area contributed by atoms with Crippen LogP contribution < -0.4 is 0 Å². The van der Waals surface area contributed by atoms with Crippen molar-refractivity contribution in [1.82, 2.24) is 19.7 Å². The third-order valence-corrected chi connectivity index (χ3v) is 6.48. The van der Waals surface area contributed by atoms with E-state index in [1.54, 1.807) is 4.68 Å². The summed E-state index contributed by atoms with van der Waals surface area (Å²) in [6.45, 7) is 1.87. The van der Waals surface area contributed by atoms with E-state index in [0.717, 1.165) is 36.6 Å². The number of rotatable bonds is 5. The van der Waals surface area contributed by atoms with Gasteiger partial charge in [-0.25, -0.2) is 4.98 Å². The first-order valence-electron chi connectivity index (χ1n) is 10.4. The van der Waals surface area contributed by atoms with Crippen molar-refractivity contribution in [2.24, 2.45) is 18.9 Å². The molecule has 4 rings (SSSR count). The van der Waals surface area contributed by atoms with Gasteiger partial charge in [0.05, 0.1) is 6.42 Å².